The van der Waals surface area contributed by atoms with Crippen molar-refractivity contribution in [3.63, 3.8) is 0 Å². The number of sulfonamides is 1. The van der Waals surface area contributed by atoms with Gasteiger partial charge >= 0.3 is 0 Å². The summed E-state index contributed by atoms with van der Waals surface area (Å²) in [5.41, 5.74) is 5.58. The Morgan fingerprint density at radius 2 is 1.67 bits per heavy atom. The van der Waals surface area contributed by atoms with E-state index in [-0.39, 0.29) is 26.3 Å². The van der Waals surface area contributed by atoms with Crippen LogP contribution < -0.4 is 10.0 Å². The van der Waals surface area contributed by atoms with Gasteiger partial charge in [0.1, 0.15) is 5.82 Å². The van der Waals surface area contributed by atoms with Crippen molar-refractivity contribution in [1.29, 1.82) is 0 Å². The first-order valence-electron chi connectivity index (χ1n) is 5.73. The first kappa shape index (κ1) is 15.9. The fourth-order valence-electron chi connectivity index (χ4n) is 1.70. The first-order valence-corrected chi connectivity index (χ1v) is 7.92. The minimum atomic E-state index is -4.01. The average Bonchev–Trinajstić information content (AvgIpc) is 2.44. The molecule has 0 bridgehead atoms. The second-order valence-electron chi connectivity index (χ2n) is 4.22. The van der Waals surface area contributed by atoms with Gasteiger partial charge in [0.2, 0.25) is 0 Å². The Hall–Kier alpha value is -1.50. The van der Waals surface area contributed by atoms with Crippen molar-refractivity contribution in [2.75, 3.05) is 17.1 Å². The van der Waals surface area contributed by atoms with Crippen molar-refractivity contribution < 1.29 is 12.8 Å². The van der Waals surface area contributed by atoms with Crippen LogP contribution in [0.1, 0.15) is 0 Å². The predicted molar refractivity (Wildman–Crippen MR) is 82.9 cm³/mol. The summed E-state index contributed by atoms with van der Waals surface area (Å²) in [4.78, 5) is -0.169. The molecule has 0 radical (unpaired) electrons. The zero-order valence-electron chi connectivity index (χ0n) is 10.8. The van der Waals surface area contributed by atoms with Crippen molar-refractivity contribution in [2.45, 2.75) is 4.90 Å². The highest BCUT2D eigenvalue weighted by Crippen LogP contribution is 2.33. The summed E-state index contributed by atoms with van der Waals surface area (Å²) in [5.74, 6) is -0.656. The number of nitrogens with two attached hydrogens (primary N) is 1. The molecule has 0 unspecified atom stereocenters. The molecule has 112 valence electrons. The fourth-order valence-corrected chi connectivity index (χ4v) is 3.58. The summed E-state index contributed by atoms with van der Waals surface area (Å²) in [5, 5.41) is 0.0333. The van der Waals surface area contributed by atoms with Crippen LogP contribution in [-0.2, 0) is 10.0 Å². The lowest BCUT2D eigenvalue weighted by Crippen LogP contribution is -2.27. The van der Waals surface area contributed by atoms with Gasteiger partial charge < -0.3 is 5.73 Å². The summed E-state index contributed by atoms with van der Waals surface area (Å²) in [6, 6.07) is 7.88. The van der Waals surface area contributed by atoms with Crippen LogP contribution in [-0.4, -0.2) is 15.5 Å². The van der Waals surface area contributed by atoms with Crippen LogP contribution in [0.25, 0.3) is 0 Å². The molecule has 0 atom stereocenters. The van der Waals surface area contributed by atoms with Crippen LogP contribution in [0.3, 0.4) is 0 Å². The maximum absolute atomic E-state index is 13.7. The highest BCUT2D eigenvalue weighted by Gasteiger charge is 2.25. The second kappa shape index (κ2) is 5.71. The van der Waals surface area contributed by atoms with E-state index in [4.69, 9.17) is 28.9 Å². The van der Waals surface area contributed by atoms with Gasteiger partial charge in [0.15, 0.2) is 0 Å². The smallest absolute Gasteiger partial charge is 0.264 e. The third kappa shape index (κ3) is 2.92. The summed E-state index contributed by atoms with van der Waals surface area (Å²) < 4.78 is 39.6. The largest absolute Gasteiger partial charge is 0.396 e. The van der Waals surface area contributed by atoms with E-state index in [9.17, 15) is 12.8 Å². The molecular formula is C13H11Cl2FN2O2S. The number of halogens is 3. The highest BCUT2D eigenvalue weighted by atomic mass is 35.5. The first-order chi connectivity index (χ1) is 9.75. The Kier molecular flexibility index (Phi) is 4.32. The van der Waals surface area contributed by atoms with Crippen LogP contribution in [0.5, 0.6) is 0 Å². The number of hydrogen-bond acceptors (Lipinski definition) is 3. The molecule has 4 nitrogen and oxygen atoms in total. The van der Waals surface area contributed by atoms with E-state index >= 15 is 0 Å². The van der Waals surface area contributed by atoms with E-state index < -0.39 is 15.8 Å². The molecule has 2 rings (SSSR count). The summed E-state index contributed by atoms with van der Waals surface area (Å²) in [7, 11) is -2.77. The number of para-hydroxylation sites is 1. The molecular weight excluding hydrogens is 338 g/mol. The number of anilines is 2. The Balaban J connectivity index is 2.55. The molecule has 2 aromatic carbocycles. The molecule has 0 saturated carbocycles. The van der Waals surface area contributed by atoms with Gasteiger partial charge in [-0.3, -0.25) is 4.31 Å². The van der Waals surface area contributed by atoms with Crippen LogP contribution >= 0.6 is 23.2 Å². The number of rotatable bonds is 3. The molecule has 0 aliphatic heterocycles. The third-order valence-electron chi connectivity index (χ3n) is 2.90. The summed E-state index contributed by atoms with van der Waals surface area (Å²) >= 11 is 11.7. The molecule has 0 amide bonds. The third-order valence-corrected chi connectivity index (χ3v) is 5.28. The van der Waals surface area contributed by atoms with Crippen molar-refractivity contribution in [2.24, 2.45) is 0 Å². The topological polar surface area (TPSA) is 63.4 Å². The summed E-state index contributed by atoms with van der Waals surface area (Å²) in [6.45, 7) is 0. The van der Waals surface area contributed by atoms with Crippen molar-refractivity contribution in [3.05, 3.63) is 52.3 Å². The van der Waals surface area contributed by atoms with Gasteiger partial charge in [0.25, 0.3) is 10.0 Å². The van der Waals surface area contributed by atoms with Crippen LogP contribution in [0.4, 0.5) is 15.8 Å². The minimum absolute atomic E-state index is 0.0167. The van der Waals surface area contributed by atoms with Crippen LogP contribution in [0.15, 0.2) is 41.3 Å². The Morgan fingerprint density at radius 3 is 2.19 bits per heavy atom. The average molecular weight is 349 g/mol. The van der Waals surface area contributed by atoms with E-state index in [2.05, 4.69) is 0 Å². The van der Waals surface area contributed by atoms with Gasteiger partial charge in [0.05, 0.1) is 26.3 Å². The second-order valence-corrected chi connectivity index (χ2v) is 7.01. The lowest BCUT2D eigenvalue weighted by molar-refractivity contribution is 0.589. The molecule has 21 heavy (non-hydrogen) atoms. The fraction of sp³-hybridized carbons (Fsp3) is 0.0769. The van der Waals surface area contributed by atoms with E-state index in [0.717, 1.165) is 4.31 Å². The number of hydrogen-bond donors (Lipinski definition) is 1. The zero-order valence-corrected chi connectivity index (χ0v) is 13.2. The van der Waals surface area contributed by atoms with Gasteiger partial charge in [0, 0.05) is 7.05 Å². The van der Waals surface area contributed by atoms with Gasteiger partial charge in [-0.15, -0.1) is 0 Å². The maximum Gasteiger partial charge on any atom is 0.264 e. The number of benzene rings is 2. The van der Waals surface area contributed by atoms with Crippen molar-refractivity contribution in [3.8, 4) is 0 Å². The molecule has 2 N–H and O–H groups in total. The lowest BCUT2D eigenvalue weighted by atomic mass is 10.3. The quantitative estimate of drug-likeness (QED) is 0.862. The van der Waals surface area contributed by atoms with Crippen LogP contribution in [0.2, 0.25) is 10.0 Å². The number of nitrogen functional groups attached to an aromatic ring is 1. The molecule has 0 aliphatic carbocycles. The molecule has 0 aliphatic rings. The van der Waals surface area contributed by atoms with Crippen molar-refractivity contribution in [1.82, 2.24) is 0 Å². The molecule has 8 heteroatoms. The van der Waals surface area contributed by atoms with E-state index in [1.165, 1.54) is 43.4 Å². The molecule has 0 spiro atoms. The highest BCUT2D eigenvalue weighted by molar-refractivity contribution is 7.92. The SMILES string of the molecule is CN(c1ccccc1F)S(=O)(=O)c1cc(Cl)c(N)c(Cl)c1. The molecule has 0 heterocycles. The van der Waals surface area contributed by atoms with Gasteiger partial charge in [-0.2, -0.15) is 0 Å². The summed E-state index contributed by atoms with van der Waals surface area (Å²) in [6.07, 6.45) is 0. The van der Waals surface area contributed by atoms with Gasteiger partial charge in [-0.05, 0) is 24.3 Å². The van der Waals surface area contributed by atoms with E-state index in [0.29, 0.717) is 0 Å². The molecule has 0 saturated heterocycles. The van der Waals surface area contributed by atoms with Crippen LogP contribution in [0, 0.1) is 5.82 Å². The van der Waals surface area contributed by atoms with Gasteiger partial charge in [-0.1, -0.05) is 35.3 Å². The van der Waals surface area contributed by atoms with Crippen molar-refractivity contribution >= 4 is 44.6 Å². The van der Waals surface area contributed by atoms with E-state index in [1.807, 2.05) is 0 Å². The zero-order chi connectivity index (χ0) is 15.8. The van der Waals surface area contributed by atoms with E-state index in [1.54, 1.807) is 0 Å². The minimum Gasteiger partial charge on any atom is -0.396 e. The normalized spacial score (nSPS) is 11.4. The molecule has 0 aromatic heterocycles. The van der Waals surface area contributed by atoms with Gasteiger partial charge in [-0.25, -0.2) is 12.8 Å². The standard InChI is InChI=1S/C13H11Cl2FN2O2S/c1-18(12-5-3-2-4-11(12)16)21(19,20)8-6-9(14)13(17)10(15)7-8/h2-7H,17H2,1H3. The maximum atomic E-state index is 13.7. The molecule has 2 aromatic rings. The monoisotopic (exact) mass is 348 g/mol. The Labute approximate surface area is 131 Å². The Bertz CT molecular complexity index is 774. The Morgan fingerprint density at radius 1 is 1.14 bits per heavy atom. The lowest BCUT2D eigenvalue weighted by Gasteiger charge is -2.20. The molecule has 0 fully saturated rings. The number of nitrogens with zero attached hydrogens (tertiary/aromatic N) is 1. The predicted octanol–water partition coefficient (Wildman–Crippen LogP) is 3.54.